The molecule has 0 saturated heterocycles. The molecule has 0 bridgehead atoms. The summed E-state index contributed by atoms with van der Waals surface area (Å²) in [7, 11) is 0. The molecule has 1 atom stereocenters. The number of hydrogen-bond donors (Lipinski definition) is 1. The maximum Gasteiger partial charge on any atom is 0.121 e. The number of nitrogens with one attached hydrogen (secondary N) is 1. The van der Waals surface area contributed by atoms with Crippen LogP contribution in [0, 0.1) is 0 Å². The van der Waals surface area contributed by atoms with Crippen LogP contribution >= 0.6 is 0 Å². The van der Waals surface area contributed by atoms with Gasteiger partial charge in [-0.25, -0.2) is 0 Å². The number of rotatable bonds is 7. The summed E-state index contributed by atoms with van der Waals surface area (Å²) in [5.41, 5.74) is 2.42. The van der Waals surface area contributed by atoms with Crippen LogP contribution in [0.15, 0.2) is 54.6 Å². The number of hydrogen-bond acceptors (Lipinski definition) is 2. The first-order valence-corrected chi connectivity index (χ1v) is 7.37. The van der Waals surface area contributed by atoms with Crippen molar-refractivity contribution in [1.82, 2.24) is 0 Å². The smallest absolute Gasteiger partial charge is 0.121 e. The lowest BCUT2D eigenvalue weighted by atomic mass is 10.0. The third kappa shape index (κ3) is 4.02. The Balaban J connectivity index is 2.07. The lowest BCUT2D eigenvalue weighted by molar-refractivity contribution is 0.317. The highest BCUT2D eigenvalue weighted by Crippen LogP contribution is 2.25. The molecule has 1 N–H and O–H groups in total. The Hall–Kier alpha value is -1.96. The van der Waals surface area contributed by atoms with Gasteiger partial charge in [0.1, 0.15) is 5.75 Å². The number of ether oxygens (including phenoxy) is 1. The van der Waals surface area contributed by atoms with Gasteiger partial charge in [-0.2, -0.15) is 0 Å². The fraction of sp³-hybridized carbons (Fsp3) is 0.333. The van der Waals surface area contributed by atoms with Crippen LogP contribution in [0.25, 0.3) is 0 Å². The fourth-order valence-electron chi connectivity index (χ4n) is 2.20. The van der Waals surface area contributed by atoms with Gasteiger partial charge < -0.3 is 10.1 Å². The maximum atomic E-state index is 5.68. The average molecular weight is 269 g/mol. The van der Waals surface area contributed by atoms with Crippen molar-refractivity contribution >= 4 is 5.69 Å². The van der Waals surface area contributed by atoms with Gasteiger partial charge in [0.2, 0.25) is 0 Å². The highest BCUT2D eigenvalue weighted by molar-refractivity contribution is 5.49. The van der Waals surface area contributed by atoms with Crippen LogP contribution in [0.5, 0.6) is 5.75 Å². The van der Waals surface area contributed by atoms with Crippen LogP contribution in [0.4, 0.5) is 5.69 Å². The summed E-state index contributed by atoms with van der Waals surface area (Å²) in [5.74, 6) is 0.930. The second kappa shape index (κ2) is 7.59. The van der Waals surface area contributed by atoms with Crippen molar-refractivity contribution in [3.8, 4) is 5.75 Å². The Morgan fingerprint density at radius 1 is 1.00 bits per heavy atom. The Morgan fingerprint density at radius 3 is 2.50 bits per heavy atom. The number of anilines is 1. The molecule has 0 amide bonds. The van der Waals surface area contributed by atoms with E-state index in [1.165, 1.54) is 5.56 Å². The standard InChI is InChI=1S/C18H23NO/c1-3-13-20-17-12-8-11-16(14-17)19-18(4-2)15-9-6-5-7-10-15/h5-12,14,18-19H,3-4,13H2,1-2H3. The van der Waals surface area contributed by atoms with Gasteiger partial charge >= 0.3 is 0 Å². The van der Waals surface area contributed by atoms with E-state index in [1.807, 2.05) is 12.1 Å². The van der Waals surface area contributed by atoms with Crippen LogP contribution < -0.4 is 10.1 Å². The van der Waals surface area contributed by atoms with Gasteiger partial charge in [0.15, 0.2) is 0 Å². The second-order valence-electron chi connectivity index (χ2n) is 4.89. The van der Waals surface area contributed by atoms with E-state index in [1.54, 1.807) is 0 Å². The van der Waals surface area contributed by atoms with E-state index in [0.717, 1.165) is 30.9 Å². The van der Waals surface area contributed by atoms with Gasteiger partial charge in [0, 0.05) is 11.8 Å². The van der Waals surface area contributed by atoms with Crippen molar-refractivity contribution in [2.75, 3.05) is 11.9 Å². The summed E-state index contributed by atoms with van der Waals surface area (Å²) >= 11 is 0. The van der Waals surface area contributed by atoms with Crippen molar-refractivity contribution in [3.05, 3.63) is 60.2 Å². The molecule has 2 aromatic rings. The molecule has 20 heavy (non-hydrogen) atoms. The predicted octanol–water partition coefficient (Wildman–Crippen LogP) is 5.04. The molecule has 1 unspecified atom stereocenters. The Kier molecular flexibility index (Phi) is 5.48. The zero-order valence-corrected chi connectivity index (χ0v) is 12.3. The van der Waals surface area contributed by atoms with Crippen LogP contribution in [0.3, 0.4) is 0 Å². The molecule has 0 spiro atoms. The normalized spacial score (nSPS) is 11.9. The van der Waals surface area contributed by atoms with E-state index in [9.17, 15) is 0 Å². The maximum absolute atomic E-state index is 5.68. The zero-order chi connectivity index (χ0) is 14.2. The molecule has 0 saturated carbocycles. The molecule has 0 fully saturated rings. The third-order valence-corrected chi connectivity index (χ3v) is 3.26. The lowest BCUT2D eigenvalue weighted by Crippen LogP contribution is -2.09. The van der Waals surface area contributed by atoms with Crippen molar-refractivity contribution in [2.45, 2.75) is 32.7 Å². The Morgan fingerprint density at radius 2 is 1.80 bits per heavy atom. The second-order valence-corrected chi connectivity index (χ2v) is 4.89. The highest BCUT2D eigenvalue weighted by atomic mass is 16.5. The molecule has 0 aliphatic heterocycles. The van der Waals surface area contributed by atoms with Crippen LogP contribution in [-0.2, 0) is 0 Å². The minimum atomic E-state index is 0.331. The van der Waals surface area contributed by atoms with Gasteiger partial charge in [-0.05, 0) is 30.5 Å². The first-order valence-electron chi connectivity index (χ1n) is 7.37. The fourth-order valence-corrected chi connectivity index (χ4v) is 2.20. The van der Waals surface area contributed by atoms with Gasteiger partial charge in [0.25, 0.3) is 0 Å². The van der Waals surface area contributed by atoms with Crippen LogP contribution in [-0.4, -0.2) is 6.61 Å². The minimum absolute atomic E-state index is 0.331. The largest absolute Gasteiger partial charge is 0.494 e. The first kappa shape index (κ1) is 14.4. The molecule has 0 aromatic heterocycles. The monoisotopic (exact) mass is 269 g/mol. The Bertz CT molecular complexity index is 510. The van der Waals surface area contributed by atoms with E-state index >= 15 is 0 Å². The average Bonchev–Trinajstić information content (AvgIpc) is 2.52. The molecular formula is C18H23NO. The predicted molar refractivity (Wildman–Crippen MR) is 85.3 cm³/mol. The minimum Gasteiger partial charge on any atom is -0.494 e. The summed E-state index contributed by atoms with van der Waals surface area (Å²) in [5, 5.41) is 3.58. The van der Waals surface area contributed by atoms with Gasteiger partial charge in [0.05, 0.1) is 12.6 Å². The molecule has 0 aliphatic carbocycles. The third-order valence-electron chi connectivity index (χ3n) is 3.26. The topological polar surface area (TPSA) is 21.3 Å². The van der Waals surface area contributed by atoms with E-state index in [2.05, 4.69) is 61.6 Å². The van der Waals surface area contributed by atoms with Gasteiger partial charge in [-0.3, -0.25) is 0 Å². The molecule has 2 heteroatoms. The molecule has 0 aliphatic rings. The molecular weight excluding hydrogens is 246 g/mol. The van der Waals surface area contributed by atoms with E-state index in [4.69, 9.17) is 4.74 Å². The van der Waals surface area contributed by atoms with E-state index in [-0.39, 0.29) is 0 Å². The SMILES string of the molecule is CCCOc1cccc(NC(CC)c2ccccc2)c1. The zero-order valence-electron chi connectivity index (χ0n) is 12.3. The summed E-state index contributed by atoms with van der Waals surface area (Å²) in [4.78, 5) is 0. The molecule has 2 nitrogen and oxygen atoms in total. The summed E-state index contributed by atoms with van der Waals surface area (Å²) in [6.07, 6.45) is 2.07. The van der Waals surface area contributed by atoms with Crippen LogP contribution in [0.1, 0.15) is 38.3 Å². The highest BCUT2D eigenvalue weighted by Gasteiger charge is 2.08. The van der Waals surface area contributed by atoms with Crippen molar-refractivity contribution < 1.29 is 4.74 Å². The van der Waals surface area contributed by atoms with E-state index < -0.39 is 0 Å². The van der Waals surface area contributed by atoms with Gasteiger partial charge in [-0.1, -0.05) is 50.2 Å². The van der Waals surface area contributed by atoms with Crippen molar-refractivity contribution in [3.63, 3.8) is 0 Å². The summed E-state index contributed by atoms with van der Waals surface area (Å²) in [6.45, 7) is 5.08. The molecule has 106 valence electrons. The summed E-state index contributed by atoms with van der Waals surface area (Å²) < 4.78 is 5.68. The quantitative estimate of drug-likeness (QED) is 0.760. The summed E-state index contributed by atoms with van der Waals surface area (Å²) in [6, 6.07) is 19.1. The molecule has 2 rings (SSSR count). The molecule has 0 radical (unpaired) electrons. The van der Waals surface area contributed by atoms with E-state index in [0.29, 0.717) is 6.04 Å². The molecule has 0 heterocycles. The van der Waals surface area contributed by atoms with Gasteiger partial charge in [-0.15, -0.1) is 0 Å². The van der Waals surface area contributed by atoms with Crippen molar-refractivity contribution in [2.24, 2.45) is 0 Å². The van der Waals surface area contributed by atoms with Crippen LogP contribution in [0.2, 0.25) is 0 Å². The lowest BCUT2D eigenvalue weighted by Gasteiger charge is -2.19. The number of benzene rings is 2. The molecule has 2 aromatic carbocycles. The Labute approximate surface area is 121 Å². The van der Waals surface area contributed by atoms with Crippen molar-refractivity contribution in [1.29, 1.82) is 0 Å². The first-order chi connectivity index (χ1) is 9.83.